The molecule has 0 amide bonds. The molecule has 0 saturated heterocycles. The van der Waals surface area contributed by atoms with Crippen LogP contribution in [0.2, 0.25) is 0 Å². The number of rotatable bonds is 7. The predicted octanol–water partition coefficient (Wildman–Crippen LogP) is 2.49. The lowest BCUT2D eigenvalue weighted by Gasteiger charge is -2.22. The maximum absolute atomic E-state index is 9.23. The predicted molar refractivity (Wildman–Crippen MR) is 75.6 cm³/mol. The van der Waals surface area contributed by atoms with Crippen molar-refractivity contribution in [1.29, 1.82) is 5.26 Å². The van der Waals surface area contributed by atoms with Crippen LogP contribution in [0.1, 0.15) is 32.4 Å². The summed E-state index contributed by atoms with van der Waals surface area (Å²) in [5, 5.41) is 18.0. The van der Waals surface area contributed by atoms with Crippen LogP contribution in [0.3, 0.4) is 0 Å². The first kappa shape index (κ1) is 15.1. The van der Waals surface area contributed by atoms with Gasteiger partial charge in [-0.15, -0.1) is 11.8 Å². The summed E-state index contributed by atoms with van der Waals surface area (Å²) in [6.07, 6.45) is 1.88. The molecule has 5 heteroatoms. The molecule has 0 aliphatic carbocycles. The number of aromatic nitrogens is 2. The Bertz CT molecular complexity index is 421. The molecule has 0 aliphatic rings. The lowest BCUT2D eigenvalue weighted by molar-refractivity contribution is 0.437. The molecule has 1 heterocycles. The highest BCUT2D eigenvalue weighted by Gasteiger charge is 2.22. The van der Waals surface area contributed by atoms with Gasteiger partial charge < -0.3 is 0 Å². The zero-order valence-electron chi connectivity index (χ0n) is 11.7. The van der Waals surface area contributed by atoms with E-state index in [4.69, 9.17) is 0 Å². The minimum atomic E-state index is -0.420. The number of nitrogens with zero attached hydrogens (tertiary/aromatic N) is 3. The van der Waals surface area contributed by atoms with Gasteiger partial charge in [0.2, 0.25) is 0 Å². The molecule has 0 saturated carbocycles. The van der Waals surface area contributed by atoms with Crippen molar-refractivity contribution >= 4 is 11.8 Å². The van der Waals surface area contributed by atoms with Crippen molar-refractivity contribution < 1.29 is 0 Å². The van der Waals surface area contributed by atoms with Gasteiger partial charge in [0.05, 0.1) is 16.8 Å². The zero-order valence-corrected chi connectivity index (χ0v) is 12.5. The summed E-state index contributed by atoms with van der Waals surface area (Å²) in [6, 6.07) is 4.45. The first-order valence-corrected chi connectivity index (χ1v) is 7.29. The standard InChI is InChI=1S/C13H22N4S/c1-5-7-15-13(3,10-14)6-8-18-12-9-11(2)16-17(12)4/h9,15H,5-8H2,1-4H3. The quantitative estimate of drug-likeness (QED) is 0.770. The van der Waals surface area contributed by atoms with Crippen molar-refractivity contribution in [3.63, 3.8) is 0 Å². The monoisotopic (exact) mass is 266 g/mol. The van der Waals surface area contributed by atoms with Crippen molar-refractivity contribution in [2.24, 2.45) is 7.05 Å². The van der Waals surface area contributed by atoms with E-state index in [-0.39, 0.29) is 0 Å². The van der Waals surface area contributed by atoms with Crippen LogP contribution in [0.25, 0.3) is 0 Å². The molecule has 1 aromatic rings. The Kier molecular flexibility index (Phi) is 5.70. The third-order valence-electron chi connectivity index (χ3n) is 2.82. The fraction of sp³-hybridized carbons (Fsp3) is 0.692. The largest absolute Gasteiger partial charge is 0.300 e. The van der Waals surface area contributed by atoms with Crippen LogP contribution in [0, 0.1) is 18.3 Å². The number of thioether (sulfide) groups is 1. The fourth-order valence-corrected chi connectivity index (χ4v) is 2.87. The molecule has 1 aromatic heterocycles. The Balaban J connectivity index is 2.45. The van der Waals surface area contributed by atoms with Crippen LogP contribution in [-0.4, -0.2) is 27.6 Å². The second-order valence-corrected chi connectivity index (χ2v) is 5.83. The lowest BCUT2D eigenvalue weighted by atomic mass is 10.0. The van der Waals surface area contributed by atoms with E-state index in [9.17, 15) is 5.26 Å². The molecule has 1 rings (SSSR count). The van der Waals surface area contributed by atoms with Crippen molar-refractivity contribution in [2.45, 2.75) is 44.2 Å². The van der Waals surface area contributed by atoms with Gasteiger partial charge >= 0.3 is 0 Å². The second kappa shape index (κ2) is 6.81. The molecule has 0 spiro atoms. The van der Waals surface area contributed by atoms with Crippen LogP contribution >= 0.6 is 11.8 Å². The Morgan fingerprint density at radius 3 is 2.83 bits per heavy atom. The van der Waals surface area contributed by atoms with E-state index in [1.165, 1.54) is 0 Å². The van der Waals surface area contributed by atoms with E-state index in [0.29, 0.717) is 0 Å². The molecule has 1 N–H and O–H groups in total. The third kappa shape index (κ3) is 4.35. The summed E-state index contributed by atoms with van der Waals surface area (Å²) in [7, 11) is 1.95. The number of aryl methyl sites for hydroxylation is 2. The molecule has 18 heavy (non-hydrogen) atoms. The van der Waals surface area contributed by atoms with Gasteiger partial charge in [0.1, 0.15) is 5.54 Å². The summed E-state index contributed by atoms with van der Waals surface area (Å²) in [6.45, 7) is 6.96. The fourth-order valence-electron chi connectivity index (χ4n) is 1.67. The minimum Gasteiger partial charge on any atom is -0.300 e. The Morgan fingerprint density at radius 1 is 1.61 bits per heavy atom. The second-order valence-electron chi connectivity index (χ2n) is 4.72. The van der Waals surface area contributed by atoms with Crippen LogP contribution in [0.15, 0.2) is 11.1 Å². The highest BCUT2D eigenvalue weighted by molar-refractivity contribution is 7.99. The molecule has 0 fully saturated rings. The molecule has 0 aliphatic heterocycles. The maximum atomic E-state index is 9.23. The number of nitriles is 1. The molecule has 100 valence electrons. The van der Waals surface area contributed by atoms with E-state index >= 15 is 0 Å². The van der Waals surface area contributed by atoms with Gasteiger partial charge in [0.15, 0.2) is 0 Å². The molecule has 4 nitrogen and oxygen atoms in total. The van der Waals surface area contributed by atoms with Crippen LogP contribution in [0.4, 0.5) is 0 Å². The minimum absolute atomic E-state index is 0.420. The lowest BCUT2D eigenvalue weighted by Crippen LogP contribution is -2.41. The zero-order chi connectivity index (χ0) is 13.6. The number of hydrogen-bond acceptors (Lipinski definition) is 4. The maximum Gasteiger partial charge on any atom is 0.104 e. The summed E-state index contributed by atoms with van der Waals surface area (Å²) in [5.74, 6) is 0.916. The first-order chi connectivity index (χ1) is 8.50. The average molecular weight is 266 g/mol. The van der Waals surface area contributed by atoms with Crippen molar-refractivity contribution in [3.05, 3.63) is 11.8 Å². The SMILES string of the molecule is CCCNC(C)(C#N)CCSc1cc(C)nn1C. The normalized spacial score (nSPS) is 14.2. The number of nitrogens with one attached hydrogen (secondary N) is 1. The van der Waals surface area contributed by atoms with Crippen LogP contribution in [-0.2, 0) is 7.05 Å². The molecular weight excluding hydrogens is 244 g/mol. The molecule has 0 radical (unpaired) electrons. The van der Waals surface area contributed by atoms with E-state index in [0.717, 1.165) is 35.9 Å². The van der Waals surface area contributed by atoms with Gasteiger partial charge in [-0.25, -0.2) is 0 Å². The van der Waals surface area contributed by atoms with Crippen LogP contribution in [0.5, 0.6) is 0 Å². The van der Waals surface area contributed by atoms with Gasteiger partial charge in [-0.3, -0.25) is 10.00 Å². The first-order valence-electron chi connectivity index (χ1n) is 6.30. The average Bonchev–Trinajstić information content (AvgIpc) is 2.65. The van der Waals surface area contributed by atoms with Gasteiger partial charge in [-0.05, 0) is 39.3 Å². The van der Waals surface area contributed by atoms with Crippen molar-refractivity contribution in [3.8, 4) is 6.07 Å². The van der Waals surface area contributed by atoms with Gasteiger partial charge in [-0.2, -0.15) is 10.4 Å². The Hall–Kier alpha value is -0.990. The van der Waals surface area contributed by atoms with Gasteiger partial charge in [0, 0.05) is 12.8 Å². The van der Waals surface area contributed by atoms with Crippen LogP contribution < -0.4 is 5.32 Å². The van der Waals surface area contributed by atoms with E-state index in [1.54, 1.807) is 11.8 Å². The molecule has 1 atom stereocenters. The summed E-state index contributed by atoms with van der Waals surface area (Å²) < 4.78 is 1.89. The molecule has 0 aromatic carbocycles. The highest BCUT2D eigenvalue weighted by atomic mass is 32.2. The van der Waals surface area contributed by atoms with Gasteiger partial charge in [-0.1, -0.05) is 6.92 Å². The van der Waals surface area contributed by atoms with E-state index in [2.05, 4.69) is 29.5 Å². The summed E-state index contributed by atoms with van der Waals surface area (Å²) in [5.41, 5.74) is 0.614. The van der Waals surface area contributed by atoms with Crippen molar-refractivity contribution in [2.75, 3.05) is 12.3 Å². The Morgan fingerprint density at radius 2 is 2.33 bits per heavy atom. The number of hydrogen-bond donors (Lipinski definition) is 1. The third-order valence-corrected chi connectivity index (χ3v) is 3.91. The van der Waals surface area contributed by atoms with Crippen molar-refractivity contribution in [1.82, 2.24) is 15.1 Å². The topological polar surface area (TPSA) is 53.6 Å². The van der Waals surface area contributed by atoms with E-state index < -0.39 is 5.54 Å². The Labute approximate surface area is 114 Å². The highest BCUT2D eigenvalue weighted by Crippen LogP contribution is 2.22. The summed E-state index contributed by atoms with van der Waals surface area (Å²) in [4.78, 5) is 0. The summed E-state index contributed by atoms with van der Waals surface area (Å²) >= 11 is 1.75. The van der Waals surface area contributed by atoms with Gasteiger partial charge in [0.25, 0.3) is 0 Å². The van der Waals surface area contributed by atoms with E-state index in [1.807, 2.05) is 25.6 Å². The molecule has 0 bridgehead atoms. The molecular formula is C13H22N4S. The smallest absolute Gasteiger partial charge is 0.104 e. The molecule has 1 unspecified atom stereocenters.